The minimum Gasteiger partial charge on any atom is -0.483 e. The second-order valence-electron chi connectivity index (χ2n) is 7.80. The van der Waals surface area contributed by atoms with E-state index in [2.05, 4.69) is 5.32 Å². The first-order valence-electron chi connectivity index (χ1n) is 9.45. The van der Waals surface area contributed by atoms with Gasteiger partial charge < -0.3 is 14.8 Å². The van der Waals surface area contributed by atoms with Gasteiger partial charge in [-0.15, -0.1) is 0 Å². The summed E-state index contributed by atoms with van der Waals surface area (Å²) in [7, 11) is 1.58. The van der Waals surface area contributed by atoms with Gasteiger partial charge in [-0.2, -0.15) is 0 Å². The molecule has 0 bridgehead atoms. The van der Waals surface area contributed by atoms with Crippen molar-refractivity contribution in [2.24, 2.45) is 0 Å². The predicted octanol–water partition coefficient (Wildman–Crippen LogP) is 2.48. The predicted molar refractivity (Wildman–Crippen MR) is 106 cm³/mol. The number of ether oxygens (including phenoxy) is 2. The fourth-order valence-corrected chi connectivity index (χ4v) is 3.98. The van der Waals surface area contributed by atoms with Crippen molar-refractivity contribution in [3.05, 3.63) is 53.6 Å². The van der Waals surface area contributed by atoms with Crippen LogP contribution in [0.15, 0.2) is 42.5 Å². The molecule has 2 aromatic carbocycles. The van der Waals surface area contributed by atoms with Crippen molar-refractivity contribution in [2.45, 2.75) is 38.3 Å². The molecule has 1 atom stereocenters. The highest BCUT2D eigenvalue weighted by atomic mass is 16.5. The smallest absolute Gasteiger partial charge is 0.265 e. The Kier molecular flexibility index (Phi) is 4.49. The van der Waals surface area contributed by atoms with Crippen LogP contribution < -0.4 is 19.7 Å². The minimum absolute atomic E-state index is 0.165. The fourth-order valence-electron chi connectivity index (χ4n) is 3.98. The number of fused-ring (bicyclic) bond motifs is 2. The summed E-state index contributed by atoms with van der Waals surface area (Å²) in [5, 5.41) is 2.65. The van der Waals surface area contributed by atoms with E-state index in [9.17, 15) is 9.59 Å². The summed E-state index contributed by atoms with van der Waals surface area (Å²) in [6, 6.07) is 12.8. The molecule has 0 saturated heterocycles. The first-order chi connectivity index (χ1) is 13.4. The monoisotopic (exact) mass is 380 g/mol. The Morgan fingerprint density at radius 1 is 1.18 bits per heavy atom. The van der Waals surface area contributed by atoms with Crippen molar-refractivity contribution in [1.82, 2.24) is 5.32 Å². The number of anilines is 1. The van der Waals surface area contributed by atoms with Gasteiger partial charge in [-0.1, -0.05) is 30.3 Å². The lowest BCUT2D eigenvalue weighted by Gasteiger charge is -2.24. The summed E-state index contributed by atoms with van der Waals surface area (Å²) in [6.07, 6.45) is 1.30. The third-order valence-electron chi connectivity index (χ3n) is 5.20. The van der Waals surface area contributed by atoms with E-state index in [1.165, 1.54) is 0 Å². The Bertz CT molecular complexity index is 938. The average Bonchev–Trinajstić information content (AvgIpc) is 3.21. The molecule has 4 rings (SSSR count). The van der Waals surface area contributed by atoms with Crippen LogP contribution in [-0.4, -0.2) is 37.1 Å². The average molecular weight is 380 g/mol. The third-order valence-corrected chi connectivity index (χ3v) is 5.20. The van der Waals surface area contributed by atoms with Crippen LogP contribution in [0.5, 0.6) is 11.5 Å². The quantitative estimate of drug-likeness (QED) is 0.885. The normalized spacial score (nSPS) is 18.8. The minimum atomic E-state index is -0.560. The van der Waals surface area contributed by atoms with E-state index in [1.54, 1.807) is 11.9 Å². The van der Waals surface area contributed by atoms with E-state index in [1.807, 2.05) is 56.3 Å². The molecule has 2 aliphatic rings. The molecule has 2 aromatic rings. The van der Waals surface area contributed by atoms with Gasteiger partial charge in [0.2, 0.25) is 5.91 Å². The number of hydrogen-bond donors (Lipinski definition) is 1. The Labute approximate surface area is 164 Å². The van der Waals surface area contributed by atoms with E-state index in [0.717, 1.165) is 23.2 Å². The summed E-state index contributed by atoms with van der Waals surface area (Å²) in [5.41, 5.74) is 2.53. The van der Waals surface area contributed by atoms with Gasteiger partial charge in [-0.3, -0.25) is 14.5 Å². The van der Waals surface area contributed by atoms with Crippen LogP contribution in [0.2, 0.25) is 0 Å². The van der Waals surface area contributed by atoms with Crippen LogP contribution in [-0.2, 0) is 22.4 Å². The lowest BCUT2D eigenvalue weighted by Crippen LogP contribution is -2.48. The molecule has 2 amide bonds. The molecule has 2 aliphatic heterocycles. The Hall–Kier alpha value is -3.02. The number of nitrogens with zero attached hydrogens (tertiary/aromatic N) is 1. The SMILES string of the molecule is CNC(=O)[C@H]1Cc2ccccc2N1C(=O)COc1cccc2c1OC(C)(C)C2. The van der Waals surface area contributed by atoms with Crippen LogP contribution in [0, 0.1) is 0 Å². The van der Waals surface area contributed by atoms with Crippen molar-refractivity contribution in [3.8, 4) is 11.5 Å². The molecule has 1 N–H and O–H groups in total. The van der Waals surface area contributed by atoms with Crippen molar-refractivity contribution in [2.75, 3.05) is 18.6 Å². The molecular weight excluding hydrogens is 356 g/mol. The lowest BCUT2D eigenvalue weighted by atomic mass is 10.0. The summed E-state index contributed by atoms with van der Waals surface area (Å²) in [6.45, 7) is 3.89. The Morgan fingerprint density at radius 2 is 1.93 bits per heavy atom. The zero-order chi connectivity index (χ0) is 19.9. The molecule has 6 heteroatoms. The number of amides is 2. The first kappa shape index (κ1) is 18.3. The summed E-state index contributed by atoms with van der Waals surface area (Å²) in [4.78, 5) is 26.9. The molecule has 0 aliphatic carbocycles. The van der Waals surface area contributed by atoms with Crippen LogP contribution in [0.3, 0.4) is 0 Å². The van der Waals surface area contributed by atoms with Crippen molar-refractivity contribution in [1.29, 1.82) is 0 Å². The zero-order valence-corrected chi connectivity index (χ0v) is 16.3. The first-order valence-corrected chi connectivity index (χ1v) is 9.45. The molecule has 6 nitrogen and oxygen atoms in total. The summed E-state index contributed by atoms with van der Waals surface area (Å²) >= 11 is 0. The van der Waals surface area contributed by atoms with Crippen LogP contribution in [0.4, 0.5) is 5.69 Å². The molecule has 28 heavy (non-hydrogen) atoms. The zero-order valence-electron chi connectivity index (χ0n) is 16.3. The van der Waals surface area contributed by atoms with Crippen molar-refractivity contribution < 1.29 is 19.1 Å². The van der Waals surface area contributed by atoms with Crippen LogP contribution >= 0.6 is 0 Å². The van der Waals surface area contributed by atoms with Gasteiger partial charge in [0.25, 0.3) is 5.91 Å². The van der Waals surface area contributed by atoms with Crippen molar-refractivity contribution >= 4 is 17.5 Å². The van der Waals surface area contributed by atoms with Gasteiger partial charge >= 0.3 is 0 Å². The van der Waals surface area contributed by atoms with E-state index in [-0.39, 0.29) is 24.0 Å². The number of nitrogens with one attached hydrogen (secondary N) is 1. The number of likely N-dealkylation sites (N-methyl/N-ethyl adjacent to an activating group) is 1. The fraction of sp³-hybridized carbons (Fsp3) is 0.364. The van der Waals surface area contributed by atoms with Gasteiger partial charge in [-0.25, -0.2) is 0 Å². The highest BCUT2D eigenvalue weighted by molar-refractivity contribution is 6.04. The van der Waals surface area contributed by atoms with E-state index < -0.39 is 6.04 Å². The molecule has 0 aromatic heterocycles. The van der Waals surface area contributed by atoms with Crippen LogP contribution in [0.25, 0.3) is 0 Å². The summed E-state index contributed by atoms with van der Waals surface area (Å²) in [5.74, 6) is 0.814. The highest BCUT2D eigenvalue weighted by Gasteiger charge is 2.38. The van der Waals surface area contributed by atoms with Gasteiger partial charge in [0.1, 0.15) is 11.6 Å². The number of para-hydroxylation sites is 2. The number of hydrogen-bond acceptors (Lipinski definition) is 4. The maximum Gasteiger partial charge on any atom is 0.265 e. The number of benzene rings is 2. The van der Waals surface area contributed by atoms with E-state index >= 15 is 0 Å². The van der Waals surface area contributed by atoms with Gasteiger partial charge in [0, 0.05) is 31.1 Å². The molecule has 0 fully saturated rings. The molecule has 146 valence electrons. The molecule has 0 radical (unpaired) electrons. The molecule has 2 heterocycles. The maximum atomic E-state index is 13.0. The lowest BCUT2D eigenvalue weighted by molar-refractivity contribution is -0.126. The van der Waals surface area contributed by atoms with E-state index in [4.69, 9.17) is 9.47 Å². The number of carbonyl (C=O) groups is 2. The maximum absolute atomic E-state index is 13.0. The molecule has 0 unspecified atom stereocenters. The van der Waals surface area contributed by atoms with Crippen molar-refractivity contribution in [3.63, 3.8) is 0 Å². The molecule has 0 spiro atoms. The van der Waals surface area contributed by atoms with Gasteiger partial charge in [0.05, 0.1) is 0 Å². The van der Waals surface area contributed by atoms with Gasteiger partial charge in [0.15, 0.2) is 18.1 Å². The van der Waals surface area contributed by atoms with Crippen LogP contribution in [0.1, 0.15) is 25.0 Å². The standard InChI is InChI=1S/C22H24N2O4/c1-22(2)12-15-8-6-10-18(20(15)28-22)27-13-19(25)24-16-9-5-4-7-14(16)11-17(24)21(26)23-3/h4-10,17H,11-13H2,1-3H3,(H,23,26)/t17-/m1/s1. The summed E-state index contributed by atoms with van der Waals surface area (Å²) < 4.78 is 11.8. The second-order valence-corrected chi connectivity index (χ2v) is 7.80. The molecule has 0 saturated carbocycles. The van der Waals surface area contributed by atoms with Gasteiger partial charge in [-0.05, 0) is 31.5 Å². The topological polar surface area (TPSA) is 67.9 Å². The largest absolute Gasteiger partial charge is 0.483 e. The second kappa shape index (κ2) is 6.86. The highest BCUT2D eigenvalue weighted by Crippen LogP contribution is 2.42. The number of carbonyl (C=O) groups excluding carboxylic acids is 2. The number of rotatable bonds is 4. The van der Waals surface area contributed by atoms with E-state index in [0.29, 0.717) is 17.9 Å². The Balaban J connectivity index is 1.54. The Morgan fingerprint density at radius 3 is 2.71 bits per heavy atom. The molecular formula is C22H24N2O4. The third kappa shape index (κ3) is 3.19.